The minimum atomic E-state index is -1.31. The Morgan fingerprint density at radius 1 is 1.17 bits per heavy atom. The van der Waals surface area contributed by atoms with E-state index in [0.717, 1.165) is 0 Å². The molecule has 0 amide bonds. The van der Waals surface area contributed by atoms with E-state index in [-0.39, 0.29) is 16.9 Å². The van der Waals surface area contributed by atoms with Crippen LogP contribution in [0.5, 0.6) is 11.5 Å². The maximum atomic E-state index is 12.4. The summed E-state index contributed by atoms with van der Waals surface area (Å²) in [6.07, 6.45) is -2.52. The topological polar surface area (TPSA) is 85.2 Å². The van der Waals surface area contributed by atoms with Crippen molar-refractivity contribution in [3.63, 3.8) is 0 Å². The van der Waals surface area contributed by atoms with Crippen LogP contribution < -0.4 is 9.47 Å². The van der Waals surface area contributed by atoms with Crippen molar-refractivity contribution in [1.29, 1.82) is 0 Å². The fourth-order valence-corrected chi connectivity index (χ4v) is 3.17. The van der Waals surface area contributed by atoms with Crippen molar-refractivity contribution < 1.29 is 29.2 Å². The molecule has 1 heterocycles. The zero-order chi connectivity index (χ0) is 17.6. The van der Waals surface area contributed by atoms with Gasteiger partial charge in [0.05, 0.1) is 14.2 Å². The van der Waals surface area contributed by atoms with Crippen molar-refractivity contribution in [3.05, 3.63) is 35.4 Å². The summed E-state index contributed by atoms with van der Waals surface area (Å²) in [7, 11) is 2.69. The van der Waals surface area contributed by atoms with Crippen LogP contribution in [0.25, 0.3) is 10.8 Å². The molecule has 6 heteroatoms. The molecule has 1 aliphatic heterocycles. The Morgan fingerprint density at radius 3 is 2.38 bits per heavy atom. The van der Waals surface area contributed by atoms with Gasteiger partial charge in [0, 0.05) is 16.3 Å². The third-order valence-electron chi connectivity index (χ3n) is 4.42. The van der Waals surface area contributed by atoms with Crippen LogP contribution in [-0.2, 0) is 4.74 Å². The molecule has 0 unspecified atom stereocenters. The van der Waals surface area contributed by atoms with Gasteiger partial charge < -0.3 is 24.4 Å². The number of carbonyl (C=O) groups is 1. The highest BCUT2D eigenvalue weighted by Crippen LogP contribution is 2.49. The Hall–Kier alpha value is -2.31. The van der Waals surface area contributed by atoms with Gasteiger partial charge >= 0.3 is 5.97 Å². The molecule has 128 valence electrons. The standard InChI is InChI=1S/C18H20O6/c1-18(2)16(20)13(19)11-12(17(21)23-4)14(22-3)9-7-5-6-8-10(9)15(11)24-18/h5-8,13,16,19-20H,1-4H3/t13-,16+/m0/s1. The lowest BCUT2D eigenvalue weighted by Gasteiger charge is -2.41. The van der Waals surface area contributed by atoms with Crippen LogP contribution in [0, 0.1) is 0 Å². The van der Waals surface area contributed by atoms with Crippen molar-refractivity contribution in [2.45, 2.75) is 31.7 Å². The number of methoxy groups -OCH3 is 2. The van der Waals surface area contributed by atoms with Gasteiger partial charge in [-0.3, -0.25) is 0 Å². The fraction of sp³-hybridized carbons (Fsp3) is 0.389. The molecule has 0 aliphatic carbocycles. The lowest BCUT2D eigenvalue weighted by atomic mass is 9.84. The summed E-state index contributed by atoms with van der Waals surface area (Å²) in [5.41, 5.74) is -0.767. The molecule has 2 N–H and O–H groups in total. The second-order valence-corrected chi connectivity index (χ2v) is 6.28. The Kier molecular flexibility index (Phi) is 3.89. The SMILES string of the molecule is COC(=O)c1c2c(c3ccccc3c1OC)OC(C)(C)[C@H](O)[C@H]2O. The van der Waals surface area contributed by atoms with E-state index < -0.39 is 23.8 Å². The minimum absolute atomic E-state index is 0.0655. The average molecular weight is 332 g/mol. The average Bonchev–Trinajstić information content (AvgIpc) is 2.58. The largest absolute Gasteiger partial charge is 0.495 e. The Labute approximate surface area is 139 Å². The molecule has 0 spiro atoms. The van der Waals surface area contributed by atoms with Gasteiger partial charge in [0.15, 0.2) is 0 Å². The third-order valence-corrected chi connectivity index (χ3v) is 4.42. The maximum absolute atomic E-state index is 12.4. The van der Waals surface area contributed by atoms with E-state index in [4.69, 9.17) is 14.2 Å². The van der Waals surface area contributed by atoms with E-state index in [1.807, 2.05) is 18.2 Å². The molecule has 6 nitrogen and oxygen atoms in total. The molecule has 3 rings (SSSR count). The van der Waals surface area contributed by atoms with Gasteiger partial charge in [-0.2, -0.15) is 0 Å². The Morgan fingerprint density at radius 2 is 1.79 bits per heavy atom. The van der Waals surface area contributed by atoms with Crippen molar-refractivity contribution in [2.75, 3.05) is 14.2 Å². The molecule has 1 aliphatic rings. The molecule has 0 aromatic heterocycles. The number of rotatable bonds is 2. The quantitative estimate of drug-likeness (QED) is 0.820. The first-order valence-electron chi connectivity index (χ1n) is 7.59. The summed E-state index contributed by atoms with van der Waals surface area (Å²) in [5.74, 6) is -0.0243. The molecule has 0 saturated heterocycles. The number of fused-ring (bicyclic) bond motifs is 3. The van der Waals surface area contributed by atoms with Crippen LogP contribution in [0.15, 0.2) is 24.3 Å². The van der Waals surface area contributed by atoms with Crippen LogP contribution in [-0.4, -0.2) is 42.1 Å². The second kappa shape index (κ2) is 5.65. The van der Waals surface area contributed by atoms with E-state index in [2.05, 4.69) is 0 Å². The van der Waals surface area contributed by atoms with Crippen molar-refractivity contribution >= 4 is 16.7 Å². The zero-order valence-electron chi connectivity index (χ0n) is 14.0. The van der Waals surface area contributed by atoms with E-state index in [1.165, 1.54) is 14.2 Å². The molecule has 24 heavy (non-hydrogen) atoms. The van der Waals surface area contributed by atoms with Gasteiger partial charge in [0.2, 0.25) is 0 Å². The van der Waals surface area contributed by atoms with E-state index in [9.17, 15) is 15.0 Å². The molecule has 2 aromatic carbocycles. The number of ether oxygens (including phenoxy) is 3. The van der Waals surface area contributed by atoms with Crippen molar-refractivity contribution in [1.82, 2.24) is 0 Å². The van der Waals surface area contributed by atoms with Crippen LogP contribution in [0.4, 0.5) is 0 Å². The number of hydrogen-bond donors (Lipinski definition) is 2. The first kappa shape index (κ1) is 16.5. The smallest absolute Gasteiger partial charge is 0.342 e. The predicted octanol–water partition coefficient (Wildman–Crippen LogP) is 2.20. The maximum Gasteiger partial charge on any atom is 0.342 e. The second-order valence-electron chi connectivity index (χ2n) is 6.28. The van der Waals surface area contributed by atoms with Gasteiger partial charge in [-0.05, 0) is 13.8 Å². The number of hydrogen-bond acceptors (Lipinski definition) is 6. The number of aliphatic hydroxyl groups excluding tert-OH is 2. The van der Waals surface area contributed by atoms with Gasteiger partial charge in [-0.25, -0.2) is 4.79 Å². The first-order chi connectivity index (χ1) is 11.3. The summed E-state index contributed by atoms with van der Waals surface area (Å²) >= 11 is 0. The first-order valence-corrected chi connectivity index (χ1v) is 7.59. The number of benzene rings is 2. The van der Waals surface area contributed by atoms with Crippen molar-refractivity contribution in [2.24, 2.45) is 0 Å². The summed E-state index contributed by atoms with van der Waals surface area (Å²) in [6.45, 7) is 3.36. The van der Waals surface area contributed by atoms with E-state index in [0.29, 0.717) is 16.5 Å². The van der Waals surface area contributed by atoms with Gasteiger partial charge in [-0.15, -0.1) is 0 Å². The van der Waals surface area contributed by atoms with Gasteiger partial charge in [-0.1, -0.05) is 24.3 Å². The van der Waals surface area contributed by atoms with Crippen LogP contribution >= 0.6 is 0 Å². The lowest BCUT2D eigenvalue weighted by molar-refractivity contribution is -0.111. The monoisotopic (exact) mass is 332 g/mol. The molecule has 2 aromatic rings. The lowest BCUT2D eigenvalue weighted by Crippen LogP contribution is -2.49. The number of carbonyl (C=O) groups excluding carboxylic acids is 1. The van der Waals surface area contributed by atoms with Crippen LogP contribution in [0.1, 0.15) is 35.9 Å². The predicted molar refractivity (Wildman–Crippen MR) is 87.5 cm³/mol. The van der Waals surface area contributed by atoms with Gasteiger partial charge in [0.25, 0.3) is 0 Å². The summed E-state index contributed by atoms with van der Waals surface area (Å²) in [5, 5.41) is 22.4. The van der Waals surface area contributed by atoms with Crippen LogP contribution in [0.2, 0.25) is 0 Å². The van der Waals surface area contributed by atoms with E-state index >= 15 is 0 Å². The Balaban J connectivity index is 2.48. The Bertz CT molecular complexity index is 811. The normalized spacial score (nSPS) is 21.8. The summed E-state index contributed by atoms with van der Waals surface area (Å²) < 4.78 is 16.3. The molecule has 0 bridgehead atoms. The number of esters is 1. The zero-order valence-corrected chi connectivity index (χ0v) is 14.0. The van der Waals surface area contributed by atoms with E-state index in [1.54, 1.807) is 19.9 Å². The molecular weight excluding hydrogens is 312 g/mol. The molecule has 2 atom stereocenters. The molecular formula is C18H20O6. The highest BCUT2D eigenvalue weighted by atomic mass is 16.5. The highest BCUT2D eigenvalue weighted by molar-refractivity contribution is 6.06. The summed E-state index contributed by atoms with van der Waals surface area (Å²) in [4.78, 5) is 12.4. The van der Waals surface area contributed by atoms with Crippen molar-refractivity contribution in [3.8, 4) is 11.5 Å². The summed E-state index contributed by atoms with van der Waals surface area (Å²) in [6, 6.07) is 7.26. The number of aliphatic hydroxyl groups is 2. The van der Waals surface area contributed by atoms with Crippen LogP contribution in [0.3, 0.4) is 0 Å². The highest BCUT2D eigenvalue weighted by Gasteiger charge is 2.46. The molecule has 0 radical (unpaired) electrons. The minimum Gasteiger partial charge on any atom is -0.495 e. The molecule has 0 fully saturated rings. The van der Waals surface area contributed by atoms with Gasteiger partial charge in [0.1, 0.15) is 34.9 Å². The fourth-order valence-electron chi connectivity index (χ4n) is 3.17. The third kappa shape index (κ3) is 2.22. The molecule has 0 saturated carbocycles.